The number of hydrogen-bond acceptors (Lipinski definition) is 5. The highest BCUT2D eigenvalue weighted by molar-refractivity contribution is 5.86. The van der Waals surface area contributed by atoms with Gasteiger partial charge in [0, 0.05) is 18.4 Å². The number of carbonyl (C=O) groups is 2. The Morgan fingerprint density at radius 3 is 2.52 bits per heavy atom. The molecule has 0 aromatic heterocycles. The number of hydrogen-bond donors (Lipinski definition) is 1. The smallest absolute Gasteiger partial charge is 0.407 e. The fraction of sp³-hybridized carbons (Fsp3) is 0.765. The normalized spacial score (nSPS) is 20.7. The van der Waals surface area contributed by atoms with Gasteiger partial charge in [0.1, 0.15) is 12.2 Å². The Bertz CT molecular complexity index is 436. The van der Waals surface area contributed by atoms with E-state index >= 15 is 0 Å². The van der Waals surface area contributed by atoms with Gasteiger partial charge in [-0.1, -0.05) is 19.4 Å². The van der Waals surface area contributed by atoms with Gasteiger partial charge in [-0.3, -0.25) is 0 Å². The van der Waals surface area contributed by atoms with Crippen LogP contribution in [0.1, 0.15) is 45.4 Å². The number of alkyl carbamates (subject to hydrolysis) is 1. The third-order valence-corrected chi connectivity index (χ3v) is 4.69. The van der Waals surface area contributed by atoms with Gasteiger partial charge < -0.3 is 19.5 Å². The Morgan fingerprint density at radius 1 is 1.26 bits per heavy atom. The summed E-state index contributed by atoms with van der Waals surface area (Å²) >= 11 is 0. The van der Waals surface area contributed by atoms with Crippen molar-refractivity contribution in [2.24, 2.45) is 5.92 Å². The molecule has 1 aliphatic carbocycles. The van der Waals surface area contributed by atoms with E-state index in [0.717, 1.165) is 25.7 Å². The average molecular weight is 325 g/mol. The van der Waals surface area contributed by atoms with E-state index in [1.807, 2.05) is 0 Å². The highest BCUT2D eigenvalue weighted by Crippen LogP contribution is 2.42. The molecule has 1 amide bonds. The van der Waals surface area contributed by atoms with Crippen LogP contribution >= 0.6 is 0 Å². The van der Waals surface area contributed by atoms with Crippen molar-refractivity contribution in [3.63, 3.8) is 0 Å². The van der Waals surface area contributed by atoms with Crippen molar-refractivity contribution in [1.82, 2.24) is 5.32 Å². The molecule has 0 aromatic rings. The fourth-order valence-corrected chi connectivity index (χ4v) is 3.40. The highest BCUT2D eigenvalue weighted by atomic mass is 16.6. The molecule has 0 aromatic carbocycles. The monoisotopic (exact) mass is 325 g/mol. The van der Waals surface area contributed by atoms with Gasteiger partial charge in [-0.15, -0.1) is 0 Å². The maximum absolute atomic E-state index is 12.1. The fourth-order valence-electron chi connectivity index (χ4n) is 3.40. The van der Waals surface area contributed by atoms with Crippen molar-refractivity contribution in [2.45, 2.75) is 51.0 Å². The zero-order valence-corrected chi connectivity index (χ0v) is 13.9. The Morgan fingerprint density at radius 2 is 1.91 bits per heavy atom. The summed E-state index contributed by atoms with van der Waals surface area (Å²) in [5.41, 5.74) is -0.0531. The van der Waals surface area contributed by atoms with Crippen molar-refractivity contribution in [2.75, 3.05) is 26.4 Å². The van der Waals surface area contributed by atoms with E-state index in [4.69, 9.17) is 14.2 Å². The minimum atomic E-state index is -0.452. The molecular formula is C17H27NO5. The summed E-state index contributed by atoms with van der Waals surface area (Å²) in [6.45, 7) is 6.71. The number of carbonyl (C=O) groups excluding carboxylic acids is 2. The first-order valence-electron chi connectivity index (χ1n) is 8.41. The van der Waals surface area contributed by atoms with Crippen LogP contribution in [0.4, 0.5) is 4.79 Å². The van der Waals surface area contributed by atoms with E-state index < -0.39 is 17.7 Å². The molecule has 1 aliphatic heterocycles. The van der Waals surface area contributed by atoms with Crippen molar-refractivity contribution < 1.29 is 23.8 Å². The second-order valence-corrected chi connectivity index (χ2v) is 6.39. The van der Waals surface area contributed by atoms with Crippen LogP contribution in [-0.4, -0.2) is 44.0 Å². The number of ether oxygens (including phenoxy) is 3. The number of rotatable bonds is 6. The quantitative estimate of drug-likeness (QED) is 0.461. The first-order valence-corrected chi connectivity index (χ1v) is 8.41. The summed E-state index contributed by atoms with van der Waals surface area (Å²) in [7, 11) is 0. The first-order chi connectivity index (χ1) is 11.0. The Labute approximate surface area is 137 Å². The van der Waals surface area contributed by atoms with Gasteiger partial charge in [0.2, 0.25) is 0 Å². The van der Waals surface area contributed by atoms with Gasteiger partial charge in [0.15, 0.2) is 0 Å². The molecule has 1 heterocycles. The minimum Gasteiger partial charge on any atom is -0.460 e. The zero-order valence-electron chi connectivity index (χ0n) is 13.9. The Balaban J connectivity index is 1.79. The van der Waals surface area contributed by atoms with E-state index in [9.17, 15) is 9.59 Å². The maximum atomic E-state index is 12.1. The third-order valence-electron chi connectivity index (χ3n) is 4.69. The molecule has 0 radical (unpaired) electrons. The van der Waals surface area contributed by atoms with Gasteiger partial charge in [-0.05, 0) is 25.7 Å². The standard InChI is InChI=1S/C17H27NO5/c1-13(2)15(19)22-12-9-18-16(20)23-17(7-10-21-11-8-17)14-5-3-4-6-14/h14H,1,3-12H2,2H3,(H,18,20). The largest absolute Gasteiger partial charge is 0.460 e. The molecule has 2 fully saturated rings. The molecule has 2 rings (SSSR count). The molecule has 23 heavy (non-hydrogen) atoms. The summed E-state index contributed by atoms with van der Waals surface area (Å²) in [6, 6.07) is 0. The predicted molar refractivity (Wildman–Crippen MR) is 85.0 cm³/mol. The molecule has 1 N–H and O–H groups in total. The Hall–Kier alpha value is -1.56. The summed E-state index contributed by atoms with van der Waals surface area (Å²) in [5.74, 6) is -0.0228. The van der Waals surface area contributed by atoms with Crippen LogP contribution in [0.25, 0.3) is 0 Å². The highest BCUT2D eigenvalue weighted by Gasteiger charge is 2.44. The molecule has 1 saturated carbocycles. The zero-order chi connectivity index (χ0) is 16.7. The van der Waals surface area contributed by atoms with Crippen molar-refractivity contribution >= 4 is 12.1 Å². The van der Waals surface area contributed by atoms with Gasteiger partial charge in [0.05, 0.1) is 19.8 Å². The molecule has 0 atom stereocenters. The molecule has 0 unspecified atom stereocenters. The maximum Gasteiger partial charge on any atom is 0.407 e. The number of nitrogens with one attached hydrogen (secondary N) is 1. The van der Waals surface area contributed by atoms with Crippen molar-refractivity contribution in [3.8, 4) is 0 Å². The van der Waals surface area contributed by atoms with Crippen LogP contribution in [0, 0.1) is 5.92 Å². The van der Waals surface area contributed by atoms with Crippen LogP contribution in [0.5, 0.6) is 0 Å². The third kappa shape index (κ3) is 4.96. The number of esters is 1. The molecule has 6 nitrogen and oxygen atoms in total. The number of amides is 1. The van der Waals surface area contributed by atoms with E-state index in [1.165, 1.54) is 12.8 Å². The first kappa shape index (κ1) is 17.8. The molecule has 2 aliphatic rings. The SMILES string of the molecule is C=C(C)C(=O)OCCNC(=O)OC1(C2CCCC2)CCOCC1. The van der Waals surface area contributed by atoms with E-state index in [-0.39, 0.29) is 13.2 Å². The molecule has 0 bridgehead atoms. The summed E-state index contributed by atoms with van der Waals surface area (Å²) in [4.78, 5) is 23.4. The summed E-state index contributed by atoms with van der Waals surface area (Å²) in [6.07, 6.45) is 5.72. The lowest BCUT2D eigenvalue weighted by atomic mass is 9.80. The summed E-state index contributed by atoms with van der Waals surface area (Å²) < 4.78 is 16.2. The lowest BCUT2D eigenvalue weighted by molar-refractivity contribution is -0.138. The molecule has 1 saturated heterocycles. The van der Waals surface area contributed by atoms with Gasteiger partial charge in [-0.25, -0.2) is 9.59 Å². The van der Waals surface area contributed by atoms with Gasteiger partial charge >= 0.3 is 12.1 Å². The van der Waals surface area contributed by atoms with Crippen LogP contribution < -0.4 is 5.32 Å². The van der Waals surface area contributed by atoms with Crippen molar-refractivity contribution in [3.05, 3.63) is 12.2 Å². The van der Waals surface area contributed by atoms with Gasteiger partial charge in [-0.2, -0.15) is 0 Å². The average Bonchev–Trinajstić information content (AvgIpc) is 3.07. The second kappa shape index (κ2) is 8.34. The van der Waals surface area contributed by atoms with Crippen molar-refractivity contribution in [1.29, 1.82) is 0 Å². The predicted octanol–water partition coefficient (Wildman–Crippen LogP) is 2.57. The molecule has 0 spiro atoms. The van der Waals surface area contributed by atoms with Crippen LogP contribution in [0.15, 0.2) is 12.2 Å². The molecular weight excluding hydrogens is 298 g/mol. The molecule has 6 heteroatoms. The van der Waals surface area contributed by atoms with Gasteiger partial charge in [0.25, 0.3) is 0 Å². The van der Waals surface area contributed by atoms with Crippen LogP contribution in [0.3, 0.4) is 0 Å². The van der Waals surface area contributed by atoms with E-state index in [2.05, 4.69) is 11.9 Å². The topological polar surface area (TPSA) is 73.9 Å². The van der Waals surface area contributed by atoms with Crippen LogP contribution in [0.2, 0.25) is 0 Å². The minimum absolute atomic E-state index is 0.111. The van der Waals surface area contributed by atoms with E-state index in [0.29, 0.717) is 24.7 Å². The van der Waals surface area contributed by atoms with E-state index in [1.54, 1.807) is 6.92 Å². The van der Waals surface area contributed by atoms with Crippen LogP contribution in [-0.2, 0) is 19.0 Å². The lowest BCUT2D eigenvalue weighted by Gasteiger charge is -2.41. The second-order valence-electron chi connectivity index (χ2n) is 6.39. The molecule has 130 valence electrons. The summed E-state index contributed by atoms with van der Waals surface area (Å²) in [5, 5.41) is 2.66. The Kier molecular flexibility index (Phi) is 6.45. The lowest BCUT2D eigenvalue weighted by Crippen LogP contribution is -2.48.